The van der Waals surface area contributed by atoms with Gasteiger partial charge in [0.05, 0.1) is 11.8 Å². The van der Waals surface area contributed by atoms with E-state index in [0.717, 1.165) is 24.3 Å². The Morgan fingerprint density at radius 2 is 1.94 bits per heavy atom. The lowest BCUT2D eigenvalue weighted by molar-refractivity contribution is -0.127. The number of nitrogens with zero attached hydrogens (tertiary/aromatic N) is 3. The SMILES string of the molecule is CC(C)(C)c1nc([C@@H]2CC[C@H](F)C[C@H]2C(=O)NCC#N)c(-c2ccc(N3CCS(=O)CC3)cc2)o1. The molecule has 188 valence electrons. The Bertz CT molecular complexity index is 1110. The molecule has 2 aliphatic rings. The van der Waals surface area contributed by atoms with Gasteiger partial charge in [0.1, 0.15) is 12.7 Å². The highest BCUT2D eigenvalue weighted by atomic mass is 32.2. The van der Waals surface area contributed by atoms with Gasteiger partial charge in [0.2, 0.25) is 11.8 Å². The average molecular weight is 501 g/mol. The minimum absolute atomic E-state index is 0.106. The summed E-state index contributed by atoms with van der Waals surface area (Å²) in [5.74, 6) is 1.31. The van der Waals surface area contributed by atoms with E-state index in [0.29, 0.717) is 41.7 Å². The topological polar surface area (TPSA) is 99.2 Å². The summed E-state index contributed by atoms with van der Waals surface area (Å²) in [4.78, 5) is 20.0. The summed E-state index contributed by atoms with van der Waals surface area (Å²) in [6.45, 7) is 7.48. The minimum atomic E-state index is -1.06. The van der Waals surface area contributed by atoms with E-state index < -0.39 is 22.9 Å². The summed E-state index contributed by atoms with van der Waals surface area (Å²) in [5.41, 5.74) is 2.26. The molecule has 1 saturated heterocycles. The zero-order valence-corrected chi connectivity index (χ0v) is 21.4. The van der Waals surface area contributed by atoms with Crippen LogP contribution in [-0.2, 0) is 21.0 Å². The molecule has 0 unspecified atom stereocenters. The summed E-state index contributed by atoms with van der Waals surface area (Å²) < 4.78 is 32.4. The van der Waals surface area contributed by atoms with Crippen LogP contribution in [0.4, 0.5) is 10.1 Å². The Morgan fingerprint density at radius 3 is 2.57 bits per heavy atom. The summed E-state index contributed by atoms with van der Waals surface area (Å²) in [5, 5.41) is 11.5. The van der Waals surface area contributed by atoms with Gasteiger partial charge in [-0.25, -0.2) is 9.37 Å². The first kappa shape index (κ1) is 25.4. The van der Waals surface area contributed by atoms with Gasteiger partial charge in [-0.15, -0.1) is 0 Å². The molecule has 0 radical (unpaired) electrons. The average Bonchev–Trinajstić information content (AvgIpc) is 3.29. The third-order valence-electron chi connectivity index (χ3n) is 6.78. The van der Waals surface area contributed by atoms with Gasteiger partial charge in [-0.05, 0) is 43.5 Å². The van der Waals surface area contributed by atoms with Crippen LogP contribution in [-0.4, -0.2) is 52.4 Å². The van der Waals surface area contributed by atoms with Crippen LogP contribution < -0.4 is 10.2 Å². The van der Waals surface area contributed by atoms with Crippen LogP contribution in [0.1, 0.15) is 57.5 Å². The number of carbonyl (C=O) groups is 1. The molecule has 2 aromatic rings. The fourth-order valence-electron chi connectivity index (χ4n) is 4.82. The van der Waals surface area contributed by atoms with Crippen LogP contribution in [0.3, 0.4) is 0 Å². The van der Waals surface area contributed by atoms with E-state index in [2.05, 4.69) is 10.2 Å². The molecular weight excluding hydrogens is 467 g/mol. The summed E-state index contributed by atoms with van der Waals surface area (Å²) in [6.07, 6.45) is -0.106. The molecule has 2 heterocycles. The number of alkyl halides is 1. The Hall–Kier alpha value is -2.73. The molecule has 1 aromatic carbocycles. The number of carbonyl (C=O) groups excluding carboxylic acids is 1. The molecule has 35 heavy (non-hydrogen) atoms. The van der Waals surface area contributed by atoms with Crippen molar-refractivity contribution in [3.63, 3.8) is 0 Å². The molecule has 0 bridgehead atoms. The number of benzene rings is 1. The molecule has 4 rings (SSSR count). The van der Waals surface area contributed by atoms with Crippen molar-refractivity contribution in [1.29, 1.82) is 5.26 Å². The fourth-order valence-corrected chi connectivity index (χ4v) is 5.88. The van der Waals surface area contributed by atoms with Crippen molar-refractivity contribution in [3.05, 3.63) is 35.9 Å². The highest BCUT2D eigenvalue weighted by molar-refractivity contribution is 7.85. The number of oxazole rings is 1. The fraction of sp³-hybridized carbons (Fsp3) is 0.577. The number of nitrogens with one attached hydrogen (secondary N) is 1. The van der Waals surface area contributed by atoms with Crippen molar-refractivity contribution in [2.24, 2.45) is 5.92 Å². The smallest absolute Gasteiger partial charge is 0.224 e. The number of anilines is 1. The molecule has 1 aliphatic heterocycles. The maximum absolute atomic E-state index is 14.4. The van der Waals surface area contributed by atoms with E-state index in [9.17, 15) is 13.4 Å². The molecule has 0 spiro atoms. The molecule has 7 nitrogen and oxygen atoms in total. The second kappa shape index (κ2) is 10.5. The lowest BCUT2D eigenvalue weighted by atomic mass is 9.75. The van der Waals surface area contributed by atoms with Crippen molar-refractivity contribution in [1.82, 2.24) is 10.3 Å². The van der Waals surface area contributed by atoms with E-state index in [1.807, 2.05) is 51.1 Å². The van der Waals surface area contributed by atoms with Gasteiger partial charge in [-0.3, -0.25) is 9.00 Å². The Balaban J connectivity index is 1.68. The van der Waals surface area contributed by atoms with Crippen LogP contribution in [0.5, 0.6) is 0 Å². The van der Waals surface area contributed by atoms with E-state index in [1.54, 1.807) is 0 Å². The first-order valence-electron chi connectivity index (χ1n) is 12.2. The highest BCUT2D eigenvalue weighted by Gasteiger charge is 2.40. The third kappa shape index (κ3) is 5.75. The second-order valence-corrected chi connectivity index (χ2v) is 12.1. The minimum Gasteiger partial charge on any atom is -0.440 e. The number of hydrogen-bond donors (Lipinski definition) is 1. The Morgan fingerprint density at radius 1 is 1.26 bits per heavy atom. The highest BCUT2D eigenvalue weighted by Crippen LogP contribution is 2.44. The maximum atomic E-state index is 14.4. The third-order valence-corrected chi connectivity index (χ3v) is 8.06. The Kier molecular flexibility index (Phi) is 7.60. The van der Waals surface area contributed by atoms with Crippen molar-refractivity contribution >= 4 is 22.4 Å². The molecule has 1 saturated carbocycles. The predicted molar refractivity (Wildman–Crippen MR) is 134 cm³/mol. The zero-order valence-electron chi connectivity index (χ0n) is 20.6. The molecule has 1 aromatic heterocycles. The van der Waals surface area contributed by atoms with E-state index >= 15 is 0 Å². The van der Waals surface area contributed by atoms with Crippen molar-refractivity contribution in [3.8, 4) is 17.4 Å². The van der Waals surface area contributed by atoms with Gasteiger partial charge in [0.25, 0.3) is 0 Å². The van der Waals surface area contributed by atoms with Crippen LogP contribution >= 0.6 is 0 Å². The first-order chi connectivity index (χ1) is 16.7. The van der Waals surface area contributed by atoms with E-state index in [1.165, 1.54) is 0 Å². The van der Waals surface area contributed by atoms with E-state index in [4.69, 9.17) is 14.7 Å². The van der Waals surface area contributed by atoms with Gasteiger partial charge in [-0.2, -0.15) is 5.26 Å². The molecular formula is C26H33FN4O3S. The number of hydrogen-bond acceptors (Lipinski definition) is 6. The molecule has 9 heteroatoms. The van der Waals surface area contributed by atoms with Crippen molar-refractivity contribution < 1.29 is 17.8 Å². The van der Waals surface area contributed by atoms with Crippen molar-refractivity contribution in [2.75, 3.05) is 36.0 Å². The predicted octanol–water partition coefficient (Wildman–Crippen LogP) is 4.07. The maximum Gasteiger partial charge on any atom is 0.224 e. The van der Waals surface area contributed by atoms with Gasteiger partial charge in [0.15, 0.2) is 5.76 Å². The quantitative estimate of drug-likeness (QED) is 0.622. The first-order valence-corrected chi connectivity index (χ1v) is 13.7. The van der Waals surface area contributed by atoms with Gasteiger partial charge < -0.3 is 14.6 Å². The summed E-state index contributed by atoms with van der Waals surface area (Å²) >= 11 is 0. The number of aromatic nitrogens is 1. The van der Waals surface area contributed by atoms with Gasteiger partial charge >= 0.3 is 0 Å². The lowest BCUT2D eigenvalue weighted by Gasteiger charge is -2.31. The van der Waals surface area contributed by atoms with Gasteiger partial charge in [0, 0.05) is 63.9 Å². The van der Waals surface area contributed by atoms with Crippen LogP contribution in [0.25, 0.3) is 11.3 Å². The molecule has 1 aliphatic carbocycles. The molecule has 3 atom stereocenters. The number of nitriles is 1. The monoisotopic (exact) mass is 500 g/mol. The molecule has 2 fully saturated rings. The van der Waals surface area contributed by atoms with Gasteiger partial charge in [-0.1, -0.05) is 20.8 Å². The standard InChI is InChI=1S/C26H33FN4O3S/c1-26(2,3)25-30-22(20-9-6-18(27)16-21(20)24(32)29-11-10-28)23(34-25)17-4-7-19(8-5-17)31-12-14-35(33)15-13-31/h4-5,7-8,18,20-21H,6,9,11-16H2,1-3H3,(H,29,32)/t18-,20+,21+/m0/s1. The normalized spacial score (nSPS) is 23.6. The number of halogens is 1. The summed E-state index contributed by atoms with van der Waals surface area (Å²) in [6, 6.07) is 9.96. The van der Waals surface area contributed by atoms with Crippen LogP contribution in [0.2, 0.25) is 0 Å². The lowest BCUT2D eigenvalue weighted by Crippen LogP contribution is -2.38. The second-order valence-electron chi connectivity index (χ2n) is 10.4. The zero-order chi connectivity index (χ0) is 25.2. The number of rotatable bonds is 5. The number of amides is 1. The summed E-state index contributed by atoms with van der Waals surface area (Å²) in [7, 11) is -0.735. The largest absolute Gasteiger partial charge is 0.440 e. The Labute approximate surface area is 208 Å². The van der Waals surface area contributed by atoms with Crippen LogP contribution in [0, 0.1) is 17.2 Å². The van der Waals surface area contributed by atoms with Crippen molar-refractivity contribution in [2.45, 2.75) is 57.5 Å². The molecule has 1 N–H and O–H groups in total. The van der Waals surface area contributed by atoms with E-state index in [-0.39, 0.29) is 30.2 Å². The van der Waals surface area contributed by atoms with Crippen LogP contribution in [0.15, 0.2) is 28.7 Å². The molecule has 1 amide bonds.